The Bertz CT molecular complexity index is 651. The topological polar surface area (TPSA) is 45.2 Å². The summed E-state index contributed by atoms with van der Waals surface area (Å²) < 4.78 is 12.9. The van der Waals surface area contributed by atoms with Crippen LogP contribution in [0.25, 0.3) is 0 Å². The van der Waals surface area contributed by atoms with Gasteiger partial charge in [0.05, 0.1) is 17.4 Å². The van der Waals surface area contributed by atoms with Gasteiger partial charge in [0.2, 0.25) is 0 Å². The standard InChI is InChI=1S/C17H18FN3O/c18-14-4-6-15(7-5-14)20-16-10-13(11-19-12-16)17(22)21-8-2-1-3-9-21/h4-7,10-12,20H,1-3,8-9H2. The zero-order valence-electron chi connectivity index (χ0n) is 12.3. The SMILES string of the molecule is O=C(c1cncc(Nc2ccc(F)cc2)c1)N1CCCCC1. The Balaban J connectivity index is 1.74. The van der Waals surface area contributed by atoms with Gasteiger partial charge >= 0.3 is 0 Å². The number of piperidine rings is 1. The number of rotatable bonds is 3. The summed E-state index contributed by atoms with van der Waals surface area (Å²) in [5.41, 5.74) is 2.05. The second-order valence-electron chi connectivity index (χ2n) is 5.45. The highest BCUT2D eigenvalue weighted by Crippen LogP contribution is 2.19. The summed E-state index contributed by atoms with van der Waals surface area (Å²) >= 11 is 0. The van der Waals surface area contributed by atoms with Crippen molar-refractivity contribution in [2.24, 2.45) is 0 Å². The normalized spacial score (nSPS) is 14.7. The van der Waals surface area contributed by atoms with E-state index in [1.54, 1.807) is 30.6 Å². The molecule has 0 aliphatic carbocycles. The number of hydrogen-bond donors (Lipinski definition) is 1. The van der Waals surface area contributed by atoms with Crippen LogP contribution in [0.5, 0.6) is 0 Å². The molecular formula is C17H18FN3O. The van der Waals surface area contributed by atoms with E-state index in [1.807, 2.05) is 4.90 Å². The molecule has 0 spiro atoms. The molecule has 1 aliphatic heterocycles. The van der Waals surface area contributed by atoms with E-state index >= 15 is 0 Å². The predicted octanol–water partition coefficient (Wildman–Crippen LogP) is 3.59. The first-order chi connectivity index (χ1) is 10.7. The Morgan fingerprint density at radius 2 is 1.77 bits per heavy atom. The highest BCUT2D eigenvalue weighted by atomic mass is 19.1. The van der Waals surface area contributed by atoms with Gasteiger partial charge in [-0.05, 0) is 49.6 Å². The molecule has 5 heteroatoms. The largest absolute Gasteiger partial charge is 0.354 e. The molecule has 1 aliphatic rings. The van der Waals surface area contributed by atoms with Crippen LogP contribution in [0.1, 0.15) is 29.6 Å². The third kappa shape index (κ3) is 3.42. The lowest BCUT2D eigenvalue weighted by Crippen LogP contribution is -2.35. The second kappa shape index (κ2) is 6.56. The van der Waals surface area contributed by atoms with Gasteiger partial charge in [-0.15, -0.1) is 0 Å². The number of halogens is 1. The third-order valence-electron chi connectivity index (χ3n) is 3.76. The Morgan fingerprint density at radius 1 is 1.05 bits per heavy atom. The molecule has 0 atom stereocenters. The monoisotopic (exact) mass is 299 g/mol. The van der Waals surface area contributed by atoms with Crippen molar-refractivity contribution in [1.29, 1.82) is 0 Å². The molecule has 1 saturated heterocycles. The van der Waals surface area contributed by atoms with E-state index < -0.39 is 0 Å². The zero-order valence-corrected chi connectivity index (χ0v) is 12.3. The molecule has 0 bridgehead atoms. The van der Waals surface area contributed by atoms with E-state index in [0.717, 1.165) is 37.3 Å². The van der Waals surface area contributed by atoms with Gasteiger partial charge in [-0.1, -0.05) is 0 Å². The zero-order chi connectivity index (χ0) is 15.4. The van der Waals surface area contributed by atoms with Crippen LogP contribution >= 0.6 is 0 Å². The van der Waals surface area contributed by atoms with E-state index in [9.17, 15) is 9.18 Å². The molecule has 0 radical (unpaired) electrons. The summed E-state index contributed by atoms with van der Waals surface area (Å²) in [6, 6.07) is 7.85. The summed E-state index contributed by atoms with van der Waals surface area (Å²) in [6.07, 6.45) is 6.55. The van der Waals surface area contributed by atoms with Crippen molar-refractivity contribution in [3.63, 3.8) is 0 Å². The molecule has 1 N–H and O–H groups in total. The maximum atomic E-state index is 12.9. The molecule has 1 aromatic carbocycles. The van der Waals surface area contributed by atoms with E-state index in [0.29, 0.717) is 5.56 Å². The number of nitrogens with one attached hydrogen (secondary N) is 1. The first-order valence-electron chi connectivity index (χ1n) is 7.49. The molecule has 1 amide bonds. The molecule has 0 unspecified atom stereocenters. The number of likely N-dealkylation sites (tertiary alicyclic amines) is 1. The van der Waals surface area contributed by atoms with Crippen LogP contribution in [0.4, 0.5) is 15.8 Å². The lowest BCUT2D eigenvalue weighted by Gasteiger charge is -2.26. The van der Waals surface area contributed by atoms with Gasteiger partial charge < -0.3 is 10.2 Å². The number of aromatic nitrogens is 1. The van der Waals surface area contributed by atoms with E-state index in [1.165, 1.54) is 18.6 Å². The Morgan fingerprint density at radius 3 is 2.50 bits per heavy atom. The number of pyridine rings is 1. The maximum Gasteiger partial charge on any atom is 0.255 e. The fourth-order valence-corrected chi connectivity index (χ4v) is 2.60. The fraction of sp³-hybridized carbons (Fsp3) is 0.294. The molecule has 114 valence electrons. The van der Waals surface area contributed by atoms with E-state index in [-0.39, 0.29) is 11.7 Å². The van der Waals surface area contributed by atoms with Gasteiger partial charge in [0.15, 0.2) is 0 Å². The lowest BCUT2D eigenvalue weighted by molar-refractivity contribution is 0.0724. The van der Waals surface area contributed by atoms with Crippen molar-refractivity contribution < 1.29 is 9.18 Å². The molecule has 4 nitrogen and oxygen atoms in total. The van der Waals surface area contributed by atoms with Gasteiger partial charge in [-0.3, -0.25) is 9.78 Å². The van der Waals surface area contributed by atoms with Crippen molar-refractivity contribution in [2.75, 3.05) is 18.4 Å². The van der Waals surface area contributed by atoms with Crippen LogP contribution in [0, 0.1) is 5.82 Å². The first kappa shape index (κ1) is 14.5. The van der Waals surface area contributed by atoms with E-state index in [4.69, 9.17) is 0 Å². The minimum absolute atomic E-state index is 0.0231. The van der Waals surface area contributed by atoms with Crippen molar-refractivity contribution >= 4 is 17.3 Å². The highest BCUT2D eigenvalue weighted by Gasteiger charge is 2.18. The van der Waals surface area contributed by atoms with Crippen LogP contribution < -0.4 is 5.32 Å². The van der Waals surface area contributed by atoms with Crippen LogP contribution in [0.3, 0.4) is 0 Å². The summed E-state index contributed by atoms with van der Waals surface area (Å²) in [4.78, 5) is 18.5. The van der Waals surface area contributed by atoms with Crippen LogP contribution in [0.2, 0.25) is 0 Å². The molecule has 2 heterocycles. The predicted molar refractivity (Wildman–Crippen MR) is 83.7 cm³/mol. The molecule has 0 saturated carbocycles. The minimum atomic E-state index is -0.280. The van der Waals surface area contributed by atoms with Crippen LogP contribution in [-0.4, -0.2) is 28.9 Å². The average Bonchev–Trinajstić information content (AvgIpc) is 2.57. The van der Waals surface area contributed by atoms with Gasteiger partial charge in [-0.25, -0.2) is 4.39 Å². The number of benzene rings is 1. The molecule has 3 rings (SSSR count). The maximum absolute atomic E-state index is 12.9. The first-order valence-corrected chi connectivity index (χ1v) is 7.49. The Labute approximate surface area is 129 Å². The van der Waals surface area contributed by atoms with Crippen molar-refractivity contribution in [3.05, 3.63) is 54.1 Å². The summed E-state index contributed by atoms with van der Waals surface area (Å²) in [7, 11) is 0. The quantitative estimate of drug-likeness (QED) is 0.942. The summed E-state index contributed by atoms with van der Waals surface area (Å²) in [5.74, 6) is -0.257. The number of carbonyl (C=O) groups is 1. The highest BCUT2D eigenvalue weighted by molar-refractivity contribution is 5.95. The van der Waals surface area contributed by atoms with Crippen molar-refractivity contribution in [3.8, 4) is 0 Å². The Hall–Kier alpha value is -2.43. The number of amides is 1. The average molecular weight is 299 g/mol. The number of nitrogens with zero attached hydrogens (tertiary/aromatic N) is 2. The summed E-state index contributed by atoms with van der Waals surface area (Å²) in [5, 5.41) is 3.13. The number of anilines is 2. The number of hydrogen-bond acceptors (Lipinski definition) is 3. The smallest absolute Gasteiger partial charge is 0.255 e. The van der Waals surface area contributed by atoms with Crippen LogP contribution in [-0.2, 0) is 0 Å². The van der Waals surface area contributed by atoms with Gasteiger partial charge in [-0.2, -0.15) is 0 Å². The molecule has 2 aromatic rings. The lowest BCUT2D eigenvalue weighted by atomic mass is 10.1. The van der Waals surface area contributed by atoms with Gasteiger partial charge in [0.1, 0.15) is 5.82 Å². The second-order valence-corrected chi connectivity index (χ2v) is 5.45. The van der Waals surface area contributed by atoms with Crippen molar-refractivity contribution in [1.82, 2.24) is 9.88 Å². The third-order valence-corrected chi connectivity index (χ3v) is 3.76. The molecule has 22 heavy (non-hydrogen) atoms. The van der Waals surface area contributed by atoms with Crippen molar-refractivity contribution in [2.45, 2.75) is 19.3 Å². The molecular weight excluding hydrogens is 281 g/mol. The fourth-order valence-electron chi connectivity index (χ4n) is 2.60. The van der Waals surface area contributed by atoms with Gasteiger partial charge in [0.25, 0.3) is 5.91 Å². The molecule has 1 aromatic heterocycles. The van der Waals surface area contributed by atoms with E-state index in [2.05, 4.69) is 10.3 Å². The van der Waals surface area contributed by atoms with Crippen LogP contribution in [0.15, 0.2) is 42.7 Å². The van der Waals surface area contributed by atoms with Gasteiger partial charge in [0, 0.05) is 25.0 Å². The Kier molecular flexibility index (Phi) is 4.32. The minimum Gasteiger partial charge on any atom is -0.354 e. The number of carbonyl (C=O) groups excluding carboxylic acids is 1. The molecule has 1 fully saturated rings. The summed E-state index contributed by atoms with van der Waals surface area (Å²) in [6.45, 7) is 1.63.